The summed E-state index contributed by atoms with van der Waals surface area (Å²) in [5, 5.41) is 5.53. The van der Waals surface area contributed by atoms with Gasteiger partial charge < -0.3 is 10.6 Å². The van der Waals surface area contributed by atoms with Gasteiger partial charge in [-0.1, -0.05) is 0 Å². The molecule has 0 heterocycles. The van der Waals surface area contributed by atoms with Gasteiger partial charge in [0.2, 0.25) is 5.91 Å². The van der Waals surface area contributed by atoms with Gasteiger partial charge in [-0.05, 0) is 26.7 Å². The zero-order valence-electron chi connectivity index (χ0n) is 10.5. The Labute approximate surface area is 103 Å². The van der Waals surface area contributed by atoms with Crippen molar-refractivity contribution in [3.63, 3.8) is 0 Å². The van der Waals surface area contributed by atoms with Crippen LogP contribution in [0.25, 0.3) is 0 Å². The summed E-state index contributed by atoms with van der Waals surface area (Å²) in [5.41, 5.74) is 0. The second-order valence-corrected chi connectivity index (χ2v) is 7.43. The standard InChI is InChI=1S/C11H22N2O3S/c1-9(2)17(15,16)8-7-12-6-5-11(14)13-10-3-4-10/h9-10,12H,3-8H2,1-2H3,(H,13,14). The summed E-state index contributed by atoms with van der Waals surface area (Å²) in [6.07, 6.45) is 2.59. The summed E-state index contributed by atoms with van der Waals surface area (Å²) in [6, 6.07) is 0.392. The van der Waals surface area contributed by atoms with Crippen LogP contribution in [0.5, 0.6) is 0 Å². The van der Waals surface area contributed by atoms with Crippen LogP contribution in [0.3, 0.4) is 0 Å². The highest BCUT2D eigenvalue weighted by Crippen LogP contribution is 2.18. The minimum absolute atomic E-state index is 0.0479. The third-order valence-electron chi connectivity index (χ3n) is 2.75. The molecule has 0 bridgehead atoms. The number of hydrogen-bond acceptors (Lipinski definition) is 4. The fourth-order valence-corrected chi connectivity index (χ4v) is 2.20. The van der Waals surface area contributed by atoms with E-state index in [1.54, 1.807) is 13.8 Å². The van der Waals surface area contributed by atoms with E-state index in [0.29, 0.717) is 25.6 Å². The molecule has 0 saturated heterocycles. The fourth-order valence-electron chi connectivity index (χ4n) is 1.30. The summed E-state index contributed by atoms with van der Waals surface area (Å²) in [6.45, 7) is 4.31. The Bertz CT molecular complexity index is 348. The molecule has 1 rings (SSSR count). The van der Waals surface area contributed by atoms with Gasteiger partial charge in [-0.25, -0.2) is 8.42 Å². The van der Waals surface area contributed by atoms with Crippen molar-refractivity contribution in [2.45, 2.75) is 44.4 Å². The quantitative estimate of drug-likeness (QED) is 0.607. The van der Waals surface area contributed by atoms with Gasteiger partial charge >= 0.3 is 0 Å². The van der Waals surface area contributed by atoms with Crippen LogP contribution >= 0.6 is 0 Å². The van der Waals surface area contributed by atoms with Crippen LogP contribution in [0, 0.1) is 0 Å². The topological polar surface area (TPSA) is 75.3 Å². The lowest BCUT2D eigenvalue weighted by atomic mass is 10.4. The van der Waals surface area contributed by atoms with Gasteiger partial charge in [-0.3, -0.25) is 4.79 Å². The first-order valence-electron chi connectivity index (χ1n) is 6.13. The average Bonchev–Trinajstić information content (AvgIpc) is 3.00. The van der Waals surface area contributed by atoms with Crippen molar-refractivity contribution in [2.24, 2.45) is 0 Å². The predicted molar refractivity (Wildman–Crippen MR) is 67.6 cm³/mol. The van der Waals surface area contributed by atoms with E-state index in [0.717, 1.165) is 12.8 Å². The molecule has 1 amide bonds. The molecule has 0 radical (unpaired) electrons. The van der Waals surface area contributed by atoms with Crippen molar-refractivity contribution in [3.8, 4) is 0 Å². The van der Waals surface area contributed by atoms with Crippen LogP contribution in [-0.4, -0.2) is 44.5 Å². The van der Waals surface area contributed by atoms with Crippen LogP contribution in [0.1, 0.15) is 33.1 Å². The van der Waals surface area contributed by atoms with E-state index in [9.17, 15) is 13.2 Å². The second kappa shape index (κ2) is 6.35. The molecule has 0 aromatic heterocycles. The summed E-state index contributed by atoms with van der Waals surface area (Å²) >= 11 is 0. The molecule has 0 aromatic carbocycles. The lowest BCUT2D eigenvalue weighted by molar-refractivity contribution is -0.121. The molecule has 6 heteroatoms. The number of sulfone groups is 1. The highest BCUT2D eigenvalue weighted by atomic mass is 32.2. The molecule has 1 fully saturated rings. The van der Waals surface area contributed by atoms with Crippen molar-refractivity contribution in [2.75, 3.05) is 18.8 Å². The maximum Gasteiger partial charge on any atom is 0.221 e. The molecule has 1 aliphatic rings. The first-order chi connectivity index (χ1) is 7.92. The van der Waals surface area contributed by atoms with E-state index in [1.165, 1.54) is 0 Å². The number of carbonyl (C=O) groups is 1. The number of rotatable bonds is 8. The van der Waals surface area contributed by atoms with Crippen molar-refractivity contribution in [1.29, 1.82) is 0 Å². The summed E-state index contributed by atoms with van der Waals surface area (Å²) in [5.74, 6) is 0.182. The molecule has 100 valence electrons. The molecular weight excluding hydrogens is 240 g/mol. The summed E-state index contributed by atoms with van der Waals surface area (Å²) in [7, 11) is -2.97. The molecule has 1 aliphatic carbocycles. The largest absolute Gasteiger partial charge is 0.353 e. The second-order valence-electron chi connectivity index (χ2n) is 4.76. The Morgan fingerprint density at radius 3 is 2.47 bits per heavy atom. The number of amides is 1. The molecule has 0 unspecified atom stereocenters. The molecule has 17 heavy (non-hydrogen) atoms. The highest BCUT2D eigenvalue weighted by Gasteiger charge is 2.22. The zero-order valence-corrected chi connectivity index (χ0v) is 11.3. The smallest absolute Gasteiger partial charge is 0.221 e. The zero-order chi connectivity index (χ0) is 12.9. The highest BCUT2D eigenvalue weighted by molar-refractivity contribution is 7.92. The number of nitrogens with one attached hydrogen (secondary N) is 2. The minimum Gasteiger partial charge on any atom is -0.353 e. The van der Waals surface area contributed by atoms with Crippen molar-refractivity contribution < 1.29 is 13.2 Å². The molecule has 0 atom stereocenters. The van der Waals surface area contributed by atoms with E-state index >= 15 is 0 Å². The minimum atomic E-state index is -2.97. The van der Waals surface area contributed by atoms with Crippen LogP contribution in [-0.2, 0) is 14.6 Å². The van der Waals surface area contributed by atoms with Crippen LogP contribution in [0.2, 0.25) is 0 Å². The third kappa shape index (κ3) is 6.02. The maximum atomic E-state index is 11.5. The van der Waals surface area contributed by atoms with Crippen LogP contribution in [0.4, 0.5) is 0 Å². The van der Waals surface area contributed by atoms with Gasteiger partial charge in [-0.2, -0.15) is 0 Å². The van der Waals surface area contributed by atoms with E-state index < -0.39 is 9.84 Å². The van der Waals surface area contributed by atoms with E-state index in [1.807, 2.05) is 0 Å². The fraction of sp³-hybridized carbons (Fsp3) is 0.909. The first-order valence-corrected chi connectivity index (χ1v) is 7.85. The predicted octanol–water partition coefficient (Wildman–Crippen LogP) is 0.0679. The van der Waals surface area contributed by atoms with Crippen molar-refractivity contribution in [1.82, 2.24) is 10.6 Å². The summed E-state index contributed by atoms with van der Waals surface area (Å²) < 4.78 is 22.9. The Kier molecular flexibility index (Phi) is 5.39. The molecule has 0 aromatic rings. The average molecular weight is 262 g/mol. The van der Waals surface area contributed by atoms with Gasteiger partial charge in [0, 0.05) is 25.6 Å². The molecule has 0 spiro atoms. The van der Waals surface area contributed by atoms with E-state index in [-0.39, 0.29) is 16.9 Å². The SMILES string of the molecule is CC(C)S(=O)(=O)CCNCCC(=O)NC1CC1. The Balaban J connectivity index is 2.02. The number of carbonyl (C=O) groups excluding carboxylic acids is 1. The third-order valence-corrected chi connectivity index (χ3v) is 4.96. The van der Waals surface area contributed by atoms with Gasteiger partial charge in [0.05, 0.1) is 11.0 Å². The molecular formula is C11H22N2O3S. The van der Waals surface area contributed by atoms with Crippen molar-refractivity contribution in [3.05, 3.63) is 0 Å². The maximum absolute atomic E-state index is 11.5. The normalized spacial score (nSPS) is 16.2. The lowest BCUT2D eigenvalue weighted by Gasteiger charge is -2.08. The van der Waals surface area contributed by atoms with Crippen molar-refractivity contribution >= 4 is 15.7 Å². The van der Waals surface area contributed by atoms with Crippen LogP contribution < -0.4 is 10.6 Å². The van der Waals surface area contributed by atoms with Gasteiger partial charge in [-0.15, -0.1) is 0 Å². The Morgan fingerprint density at radius 2 is 1.94 bits per heavy atom. The Hall–Kier alpha value is -0.620. The molecule has 5 nitrogen and oxygen atoms in total. The first kappa shape index (κ1) is 14.4. The molecule has 2 N–H and O–H groups in total. The summed E-state index contributed by atoms with van der Waals surface area (Å²) in [4.78, 5) is 11.3. The molecule has 0 aliphatic heterocycles. The van der Waals surface area contributed by atoms with E-state index in [4.69, 9.17) is 0 Å². The van der Waals surface area contributed by atoms with Crippen LogP contribution in [0.15, 0.2) is 0 Å². The van der Waals surface area contributed by atoms with Gasteiger partial charge in [0.1, 0.15) is 0 Å². The van der Waals surface area contributed by atoms with Gasteiger partial charge in [0.25, 0.3) is 0 Å². The lowest BCUT2D eigenvalue weighted by Crippen LogP contribution is -2.32. The number of hydrogen-bond donors (Lipinski definition) is 2. The van der Waals surface area contributed by atoms with E-state index in [2.05, 4.69) is 10.6 Å². The van der Waals surface area contributed by atoms with Gasteiger partial charge in [0.15, 0.2) is 9.84 Å². The Morgan fingerprint density at radius 1 is 1.29 bits per heavy atom. The molecule has 1 saturated carbocycles. The monoisotopic (exact) mass is 262 g/mol.